The average molecular weight is 449 g/mol. The normalized spacial score (nSPS) is 18.9. The lowest BCUT2D eigenvalue weighted by Crippen LogP contribution is -2.55. The Morgan fingerprint density at radius 1 is 0.970 bits per heavy atom. The van der Waals surface area contributed by atoms with Crippen LogP contribution < -0.4 is 4.74 Å². The van der Waals surface area contributed by atoms with Crippen LogP contribution in [0.25, 0.3) is 0 Å². The minimum absolute atomic E-state index is 0.0751. The predicted octanol–water partition coefficient (Wildman–Crippen LogP) is 4.67. The van der Waals surface area contributed by atoms with Crippen molar-refractivity contribution in [2.24, 2.45) is 5.92 Å². The summed E-state index contributed by atoms with van der Waals surface area (Å²) >= 11 is 0. The molecule has 1 atom stereocenters. The van der Waals surface area contributed by atoms with Crippen LogP contribution in [-0.2, 0) is 22.6 Å². The zero-order chi connectivity index (χ0) is 23.5. The van der Waals surface area contributed by atoms with Gasteiger partial charge in [0.05, 0.1) is 0 Å². The van der Waals surface area contributed by atoms with Gasteiger partial charge in [-0.1, -0.05) is 56.3 Å². The molecule has 2 aromatic carbocycles. The zero-order valence-electron chi connectivity index (χ0n) is 20.3. The first kappa shape index (κ1) is 23.3. The molecule has 176 valence electrons. The predicted molar refractivity (Wildman–Crippen MR) is 130 cm³/mol. The smallest absolute Gasteiger partial charge is 0.245 e. The molecule has 0 aliphatic carbocycles. The highest BCUT2D eigenvalue weighted by Crippen LogP contribution is 2.29. The summed E-state index contributed by atoms with van der Waals surface area (Å²) in [5.41, 5.74) is 4.62. The van der Waals surface area contributed by atoms with Gasteiger partial charge >= 0.3 is 0 Å². The third kappa shape index (κ3) is 5.23. The van der Waals surface area contributed by atoms with Crippen molar-refractivity contribution in [1.29, 1.82) is 0 Å². The lowest BCUT2D eigenvalue weighted by Gasteiger charge is -2.41. The molecule has 4 rings (SSSR count). The van der Waals surface area contributed by atoms with Gasteiger partial charge in [0, 0.05) is 45.3 Å². The van der Waals surface area contributed by atoms with E-state index < -0.39 is 6.04 Å². The number of nitrogens with zero attached hydrogens (tertiary/aromatic N) is 2. The summed E-state index contributed by atoms with van der Waals surface area (Å²) in [7, 11) is 0. The molecule has 5 heteroatoms. The highest BCUT2D eigenvalue weighted by Gasteiger charge is 2.38. The van der Waals surface area contributed by atoms with Gasteiger partial charge in [-0.2, -0.15) is 0 Å². The van der Waals surface area contributed by atoms with Crippen LogP contribution in [0.5, 0.6) is 5.75 Å². The first-order valence-corrected chi connectivity index (χ1v) is 12.2. The molecule has 0 N–H and O–H groups in total. The number of benzene rings is 2. The number of carbonyl (C=O) groups is 2. The lowest BCUT2D eigenvalue weighted by molar-refractivity contribution is -0.148. The largest absolute Gasteiger partial charge is 0.490 e. The van der Waals surface area contributed by atoms with E-state index >= 15 is 0 Å². The van der Waals surface area contributed by atoms with Gasteiger partial charge in [0.15, 0.2) is 0 Å². The third-order valence-electron chi connectivity index (χ3n) is 6.88. The van der Waals surface area contributed by atoms with Crippen LogP contribution in [0.3, 0.4) is 0 Å². The van der Waals surface area contributed by atoms with Gasteiger partial charge in [-0.15, -0.1) is 0 Å². The fourth-order valence-corrected chi connectivity index (χ4v) is 5.03. The maximum atomic E-state index is 13.6. The van der Waals surface area contributed by atoms with Gasteiger partial charge < -0.3 is 14.5 Å². The van der Waals surface area contributed by atoms with E-state index in [9.17, 15) is 9.59 Å². The molecule has 2 aliphatic rings. The van der Waals surface area contributed by atoms with Crippen molar-refractivity contribution in [2.45, 2.75) is 72.1 Å². The standard InChI is InChI=1S/C28H36N2O3/c1-19(2)16-26(31)30-18-23-11-6-5-10-22(23)17-25(30)28(32)29-14-12-24(13-15-29)33-27-20(3)8-7-9-21(27)4/h5-11,19,24-25H,12-18H2,1-4H3. The first-order valence-electron chi connectivity index (χ1n) is 12.2. The monoisotopic (exact) mass is 448 g/mol. The van der Waals surface area contributed by atoms with Crippen molar-refractivity contribution in [3.8, 4) is 5.75 Å². The molecule has 1 unspecified atom stereocenters. The van der Waals surface area contributed by atoms with Crippen molar-refractivity contribution >= 4 is 11.8 Å². The van der Waals surface area contributed by atoms with E-state index in [0.29, 0.717) is 32.5 Å². The fourth-order valence-electron chi connectivity index (χ4n) is 5.03. The highest BCUT2D eigenvalue weighted by molar-refractivity contribution is 5.88. The number of ether oxygens (including phenoxy) is 1. The van der Waals surface area contributed by atoms with Gasteiger partial charge in [0.1, 0.15) is 17.9 Å². The molecule has 33 heavy (non-hydrogen) atoms. The molecular formula is C28H36N2O3. The van der Waals surface area contributed by atoms with E-state index in [1.165, 1.54) is 5.56 Å². The van der Waals surface area contributed by atoms with Crippen LogP contribution in [0.4, 0.5) is 0 Å². The maximum Gasteiger partial charge on any atom is 0.245 e. The van der Waals surface area contributed by atoms with Gasteiger partial charge in [0.2, 0.25) is 11.8 Å². The van der Waals surface area contributed by atoms with Crippen LogP contribution in [0.1, 0.15) is 55.4 Å². The second-order valence-electron chi connectivity index (χ2n) is 9.97. The van der Waals surface area contributed by atoms with E-state index in [1.54, 1.807) is 0 Å². The Labute approximate surface area is 197 Å². The van der Waals surface area contributed by atoms with Crippen LogP contribution in [-0.4, -0.2) is 46.8 Å². The third-order valence-corrected chi connectivity index (χ3v) is 6.88. The van der Waals surface area contributed by atoms with Gasteiger partial charge in [-0.3, -0.25) is 9.59 Å². The van der Waals surface area contributed by atoms with Gasteiger partial charge in [-0.25, -0.2) is 0 Å². The Bertz CT molecular complexity index is 988. The molecule has 0 spiro atoms. The van der Waals surface area contributed by atoms with Crippen molar-refractivity contribution in [2.75, 3.05) is 13.1 Å². The SMILES string of the molecule is Cc1cccc(C)c1OC1CCN(C(=O)C2Cc3ccccc3CN2C(=O)CC(C)C)CC1. The zero-order valence-corrected chi connectivity index (χ0v) is 20.3. The van der Waals surface area contributed by atoms with Crippen molar-refractivity contribution in [1.82, 2.24) is 9.80 Å². The van der Waals surface area contributed by atoms with Crippen molar-refractivity contribution in [3.63, 3.8) is 0 Å². The summed E-state index contributed by atoms with van der Waals surface area (Å²) in [5, 5.41) is 0. The van der Waals surface area contributed by atoms with Gasteiger partial charge in [0.25, 0.3) is 0 Å². The summed E-state index contributed by atoms with van der Waals surface area (Å²) in [5.74, 6) is 1.39. The summed E-state index contributed by atoms with van der Waals surface area (Å²) in [6, 6.07) is 14.0. The quantitative estimate of drug-likeness (QED) is 0.668. The molecule has 2 heterocycles. The number of rotatable bonds is 5. The minimum atomic E-state index is -0.415. The van der Waals surface area contributed by atoms with E-state index in [4.69, 9.17) is 4.74 Å². The molecule has 0 saturated carbocycles. The van der Waals surface area contributed by atoms with E-state index in [-0.39, 0.29) is 23.8 Å². The van der Waals surface area contributed by atoms with Crippen LogP contribution in [0.2, 0.25) is 0 Å². The Kier molecular flexibility index (Phi) is 7.06. The fraction of sp³-hybridized carbons (Fsp3) is 0.500. The molecule has 2 aliphatic heterocycles. The highest BCUT2D eigenvalue weighted by atomic mass is 16.5. The number of fused-ring (bicyclic) bond motifs is 1. The number of aryl methyl sites for hydroxylation is 2. The van der Waals surface area contributed by atoms with E-state index in [2.05, 4.69) is 38.1 Å². The maximum absolute atomic E-state index is 13.6. The number of hydrogen-bond donors (Lipinski definition) is 0. The molecule has 1 fully saturated rings. The number of para-hydroxylation sites is 1. The van der Waals surface area contributed by atoms with Crippen LogP contribution >= 0.6 is 0 Å². The van der Waals surface area contributed by atoms with Crippen LogP contribution in [0.15, 0.2) is 42.5 Å². The van der Waals surface area contributed by atoms with Crippen molar-refractivity contribution < 1.29 is 14.3 Å². The second kappa shape index (κ2) is 9.98. The Balaban J connectivity index is 1.44. The summed E-state index contributed by atoms with van der Waals surface area (Å²) in [4.78, 5) is 30.5. The molecule has 5 nitrogen and oxygen atoms in total. The molecule has 0 radical (unpaired) electrons. The Morgan fingerprint density at radius 2 is 1.61 bits per heavy atom. The lowest BCUT2D eigenvalue weighted by atomic mass is 9.92. The number of amides is 2. The summed E-state index contributed by atoms with van der Waals surface area (Å²) in [6.45, 7) is 10.1. The average Bonchev–Trinajstić information content (AvgIpc) is 2.80. The summed E-state index contributed by atoms with van der Waals surface area (Å²) in [6.07, 6.45) is 2.79. The molecular weight excluding hydrogens is 412 g/mol. The van der Waals surface area contributed by atoms with Crippen LogP contribution in [0, 0.1) is 19.8 Å². The van der Waals surface area contributed by atoms with E-state index in [1.807, 2.05) is 41.8 Å². The number of likely N-dealkylation sites (tertiary alicyclic amines) is 1. The molecule has 1 saturated heterocycles. The number of carbonyl (C=O) groups excluding carboxylic acids is 2. The number of hydrogen-bond acceptors (Lipinski definition) is 3. The topological polar surface area (TPSA) is 49.9 Å². The first-order chi connectivity index (χ1) is 15.8. The summed E-state index contributed by atoms with van der Waals surface area (Å²) < 4.78 is 6.34. The molecule has 2 amide bonds. The minimum Gasteiger partial charge on any atom is -0.490 e. The Hall–Kier alpha value is -2.82. The van der Waals surface area contributed by atoms with Gasteiger partial charge in [-0.05, 0) is 42.0 Å². The molecule has 0 bridgehead atoms. The van der Waals surface area contributed by atoms with E-state index in [0.717, 1.165) is 35.3 Å². The molecule has 2 aromatic rings. The Morgan fingerprint density at radius 3 is 2.24 bits per heavy atom. The van der Waals surface area contributed by atoms with Crippen molar-refractivity contribution in [3.05, 3.63) is 64.7 Å². The number of piperidine rings is 1. The second-order valence-corrected chi connectivity index (χ2v) is 9.97. The molecule has 0 aromatic heterocycles.